The molecule has 1 N–H and O–H groups in total. The van der Waals surface area contributed by atoms with Crippen LogP contribution in [0.3, 0.4) is 0 Å². The first-order valence-corrected chi connectivity index (χ1v) is 8.14. The minimum Gasteiger partial charge on any atom is -0.383 e. The van der Waals surface area contributed by atoms with Crippen LogP contribution in [0, 0.1) is 5.92 Å². The second kappa shape index (κ2) is 9.73. The van der Waals surface area contributed by atoms with Gasteiger partial charge in [-0.2, -0.15) is 0 Å². The molecule has 0 spiro atoms. The van der Waals surface area contributed by atoms with E-state index in [9.17, 15) is 0 Å². The first kappa shape index (κ1) is 16.9. The number of rotatable bonds is 9. The highest BCUT2D eigenvalue weighted by Gasteiger charge is 2.27. The van der Waals surface area contributed by atoms with E-state index in [4.69, 9.17) is 4.74 Å². The fraction of sp³-hybridized carbons (Fsp3) is 1.00. The SMILES string of the molecule is CCCC1CCCCN1C(CNCC(C)C)COC. The van der Waals surface area contributed by atoms with Crippen LogP contribution < -0.4 is 5.32 Å². The van der Waals surface area contributed by atoms with Crippen LogP contribution in [0.5, 0.6) is 0 Å². The topological polar surface area (TPSA) is 24.5 Å². The van der Waals surface area contributed by atoms with E-state index in [0.29, 0.717) is 6.04 Å². The van der Waals surface area contributed by atoms with Gasteiger partial charge in [0.1, 0.15) is 0 Å². The van der Waals surface area contributed by atoms with Crippen molar-refractivity contribution in [2.24, 2.45) is 5.92 Å². The first-order chi connectivity index (χ1) is 9.19. The molecule has 0 radical (unpaired) electrons. The average molecular weight is 270 g/mol. The number of piperidine rings is 1. The number of nitrogens with zero attached hydrogens (tertiary/aromatic N) is 1. The van der Waals surface area contributed by atoms with Crippen LogP contribution in [-0.4, -0.2) is 50.3 Å². The van der Waals surface area contributed by atoms with E-state index in [-0.39, 0.29) is 0 Å². The Bertz CT molecular complexity index is 219. The zero-order valence-corrected chi connectivity index (χ0v) is 13.5. The normalized spacial score (nSPS) is 22.9. The van der Waals surface area contributed by atoms with Crippen LogP contribution in [0.25, 0.3) is 0 Å². The van der Waals surface area contributed by atoms with E-state index < -0.39 is 0 Å². The maximum Gasteiger partial charge on any atom is 0.0630 e. The third-order valence-corrected chi connectivity index (χ3v) is 4.06. The van der Waals surface area contributed by atoms with Crippen molar-refractivity contribution in [1.29, 1.82) is 0 Å². The van der Waals surface area contributed by atoms with Gasteiger partial charge in [0.05, 0.1) is 6.61 Å². The molecule has 3 nitrogen and oxygen atoms in total. The zero-order valence-electron chi connectivity index (χ0n) is 13.5. The number of methoxy groups -OCH3 is 1. The van der Waals surface area contributed by atoms with Gasteiger partial charge >= 0.3 is 0 Å². The predicted molar refractivity (Wildman–Crippen MR) is 82.6 cm³/mol. The number of nitrogens with one attached hydrogen (secondary N) is 1. The highest BCUT2D eigenvalue weighted by Crippen LogP contribution is 2.23. The lowest BCUT2D eigenvalue weighted by molar-refractivity contribution is 0.0366. The van der Waals surface area contributed by atoms with Gasteiger partial charge in [0.15, 0.2) is 0 Å². The van der Waals surface area contributed by atoms with Crippen molar-refractivity contribution >= 4 is 0 Å². The van der Waals surface area contributed by atoms with Crippen LogP contribution in [0.4, 0.5) is 0 Å². The maximum atomic E-state index is 5.46. The van der Waals surface area contributed by atoms with E-state index in [0.717, 1.165) is 31.7 Å². The monoisotopic (exact) mass is 270 g/mol. The van der Waals surface area contributed by atoms with Crippen molar-refractivity contribution in [3.8, 4) is 0 Å². The van der Waals surface area contributed by atoms with E-state index in [1.807, 2.05) is 7.11 Å². The summed E-state index contributed by atoms with van der Waals surface area (Å²) in [7, 11) is 1.83. The Morgan fingerprint density at radius 3 is 2.68 bits per heavy atom. The summed E-state index contributed by atoms with van der Waals surface area (Å²) in [6.45, 7) is 11.1. The van der Waals surface area contributed by atoms with E-state index in [1.54, 1.807) is 0 Å². The van der Waals surface area contributed by atoms with Crippen molar-refractivity contribution in [2.45, 2.75) is 65.0 Å². The standard InChI is InChI=1S/C16H34N2O/c1-5-8-15-9-6-7-10-18(15)16(13-19-4)12-17-11-14(2)3/h14-17H,5-13H2,1-4H3. The molecule has 1 heterocycles. The van der Waals surface area contributed by atoms with Crippen LogP contribution in [0.1, 0.15) is 52.9 Å². The molecule has 114 valence electrons. The third kappa shape index (κ3) is 6.24. The molecule has 0 aliphatic carbocycles. The Balaban J connectivity index is 2.50. The summed E-state index contributed by atoms with van der Waals surface area (Å²) in [6, 6.07) is 1.32. The lowest BCUT2D eigenvalue weighted by Crippen LogP contribution is -2.52. The third-order valence-electron chi connectivity index (χ3n) is 4.06. The lowest BCUT2D eigenvalue weighted by atomic mass is 9.96. The summed E-state index contributed by atoms with van der Waals surface area (Å²) >= 11 is 0. The van der Waals surface area contributed by atoms with Gasteiger partial charge in [-0.05, 0) is 38.3 Å². The van der Waals surface area contributed by atoms with E-state index in [2.05, 4.69) is 31.0 Å². The molecule has 1 aliphatic rings. The van der Waals surface area contributed by atoms with Crippen molar-refractivity contribution in [3.63, 3.8) is 0 Å². The second-order valence-electron chi connectivity index (χ2n) is 6.34. The summed E-state index contributed by atoms with van der Waals surface area (Å²) < 4.78 is 5.46. The molecule has 0 bridgehead atoms. The molecule has 3 heteroatoms. The number of hydrogen-bond donors (Lipinski definition) is 1. The molecule has 1 aliphatic heterocycles. The molecule has 19 heavy (non-hydrogen) atoms. The molecular formula is C16H34N2O. The van der Waals surface area contributed by atoms with Crippen LogP contribution in [-0.2, 0) is 4.74 Å². The van der Waals surface area contributed by atoms with Crippen molar-refractivity contribution in [3.05, 3.63) is 0 Å². The van der Waals surface area contributed by atoms with Gasteiger partial charge in [0, 0.05) is 25.7 Å². The first-order valence-electron chi connectivity index (χ1n) is 8.14. The van der Waals surface area contributed by atoms with E-state index >= 15 is 0 Å². The summed E-state index contributed by atoms with van der Waals surface area (Å²) in [4.78, 5) is 2.71. The lowest BCUT2D eigenvalue weighted by Gasteiger charge is -2.41. The van der Waals surface area contributed by atoms with Gasteiger partial charge in [-0.25, -0.2) is 0 Å². The summed E-state index contributed by atoms with van der Waals surface area (Å²) in [5.74, 6) is 0.719. The Hall–Kier alpha value is -0.120. The summed E-state index contributed by atoms with van der Waals surface area (Å²) in [6.07, 6.45) is 6.76. The van der Waals surface area contributed by atoms with Crippen molar-refractivity contribution in [1.82, 2.24) is 10.2 Å². The fourth-order valence-corrected chi connectivity index (χ4v) is 3.15. The molecule has 1 fully saturated rings. The van der Waals surface area contributed by atoms with Gasteiger partial charge in [-0.15, -0.1) is 0 Å². The molecule has 2 unspecified atom stereocenters. The molecule has 0 saturated carbocycles. The van der Waals surface area contributed by atoms with E-state index in [1.165, 1.54) is 38.6 Å². The predicted octanol–water partition coefficient (Wildman–Crippen LogP) is 2.90. The smallest absolute Gasteiger partial charge is 0.0630 e. The maximum absolute atomic E-state index is 5.46. The summed E-state index contributed by atoms with van der Waals surface area (Å²) in [5.41, 5.74) is 0. The Morgan fingerprint density at radius 1 is 1.26 bits per heavy atom. The van der Waals surface area contributed by atoms with Crippen LogP contribution in [0.15, 0.2) is 0 Å². The Labute approximate surface area is 120 Å². The number of ether oxygens (including phenoxy) is 1. The largest absolute Gasteiger partial charge is 0.383 e. The number of hydrogen-bond acceptors (Lipinski definition) is 3. The minimum atomic E-state index is 0.542. The Kier molecular flexibility index (Phi) is 8.67. The van der Waals surface area contributed by atoms with Gasteiger partial charge < -0.3 is 10.1 Å². The van der Waals surface area contributed by atoms with Crippen LogP contribution in [0.2, 0.25) is 0 Å². The molecule has 0 aromatic rings. The molecule has 2 atom stereocenters. The second-order valence-corrected chi connectivity index (χ2v) is 6.34. The molecule has 1 saturated heterocycles. The quantitative estimate of drug-likeness (QED) is 0.697. The van der Waals surface area contributed by atoms with Crippen LogP contribution >= 0.6 is 0 Å². The van der Waals surface area contributed by atoms with Crippen molar-refractivity contribution in [2.75, 3.05) is 33.4 Å². The average Bonchev–Trinajstić information content (AvgIpc) is 2.38. The van der Waals surface area contributed by atoms with Gasteiger partial charge in [0.2, 0.25) is 0 Å². The number of likely N-dealkylation sites (tertiary alicyclic amines) is 1. The highest BCUT2D eigenvalue weighted by molar-refractivity contribution is 4.84. The molecule has 0 aromatic carbocycles. The minimum absolute atomic E-state index is 0.542. The fourth-order valence-electron chi connectivity index (χ4n) is 3.15. The van der Waals surface area contributed by atoms with Gasteiger partial charge in [-0.3, -0.25) is 4.90 Å². The molecular weight excluding hydrogens is 236 g/mol. The van der Waals surface area contributed by atoms with Gasteiger partial charge in [0.25, 0.3) is 0 Å². The molecule has 0 amide bonds. The molecule has 1 rings (SSSR count). The highest BCUT2D eigenvalue weighted by atomic mass is 16.5. The van der Waals surface area contributed by atoms with Crippen molar-refractivity contribution < 1.29 is 4.74 Å². The summed E-state index contributed by atoms with van der Waals surface area (Å²) in [5, 5.41) is 3.61. The Morgan fingerprint density at radius 2 is 2.05 bits per heavy atom. The molecule has 0 aromatic heterocycles. The zero-order chi connectivity index (χ0) is 14.1. The van der Waals surface area contributed by atoms with Gasteiger partial charge in [-0.1, -0.05) is 33.6 Å².